The lowest BCUT2D eigenvalue weighted by Crippen LogP contribution is -2.25. The molecule has 0 aliphatic rings. The smallest absolute Gasteiger partial charge is 0.338 e. The average molecular weight is 483 g/mol. The molecule has 2 unspecified atom stereocenters. The van der Waals surface area contributed by atoms with E-state index in [0.717, 1.165) is 0 Å². The molecular formula is C28H31FO6. The lowest BCUT2D eigenvalue weighted by molar-refractivity contribution is -0.142. The minimum atomic E-state index is -1.15. The number of carbonyl (C=O) groups excluding carboxylic acids is 2. The number of rotatable bonds is 12. The first-order valence-corrected chi connectivity index (χ1v) is 11.0. The summed E-state index contributed by atoms with van der Waals surface area (Å²) in [6, 6.07) is 11.3. The van der Waals surface area contributed by atoms with Gasteiger partial charge in [0.05, 0.1) is 13.2 Å². The van der Waals surface area contributed by atoms with Crippen molar-refractivity contribution in [3.63, 3.8) is 0 Å². The monoisotopic (exact) mass is 482 g/mol. The normalized spacial score (nSPS) is 12.4. The van der Waals surface area contributed by atoms with Crippen LogP contribution in [0, 0.1) is 11.7 Å². The van der Waals surface area contributed by atoms with Gasteiger partial charge < -0.3 is 19.3 Å². The van der Waals surface area contributed by atoms with Gasteiger partial charge >= 0.3 is 11.9 Å². The Morgan fingerprint density at radius 2 is 1.57 bits per heavy atom. The number of aliphatic hydroxyl groups excluding tert-OH is 1. The number of hydrogen-bond acceptors (Lipinski definition) is 6. The molecule has 7 heteroatoms. The molecular weight excluding hydrogens is 451 g/mol. The molecule has 0 saturated carbocycles. The molecule has 35 heavy (non-hydrogen) atoms. The van der Waals surface area contributed by atoms with Crippen molar-refractivity contribution in [2.24, 2.45) is 5.92 Å². The Balaban J connectivity index is 2.13. The topological polar surface area (TPSA) is 82.1 Å². The predicted octanol–water partition coefficient (Wildman–Crippen LogP) is 5.16. The highest BCUT2D eigenvalue weighted by Crippen LogP contribution is 2.27. The zero-order valence-electron chi connectivity index (χ0n) is 20.3. The van der Waals surface area contributed by atoms with E-state index in [1.54, 1.807) is 57.2 Å². The number of carbonyl (C=O) groups is 2. The fourth-order valence-electron chi connectivity index (χ4n) is 3.00. The summed E-state index contributed by atoms with van der Waals surface area (Å²) in [4.78, 5) is 23.4. The summed E-state index contributed by atoms with van der Waals surface area (Å²) in [5.74, 6) is -1.50. The predicted molar refractivity (Wildman–Crippen MR) is 132 cm³/mol. The summed E-state index contributed by atoms with van der Waals surface area (Å²) in [5.41, 5.74) is 2.65. The maximum absolute atomic E-state index is 15.0. The molecule has 0 spiro atoms. The first-order chi connectivity index (χ1) is 16.5. The van der Waals surface area contributed by atoms with E-state index in [-0.39, 0.29) is 30.3 Å². The lowest BCUT2D eigenvalue weighted by atomic mass is 9.97. The Kier molecular flexibility index (Phi) is 10.1. The van der Waals surface area contributed by atoms with Crippen LogP contribution in [0.25, 0.3) is 11.1 Å². The van der Waals surface area contributed by atoms with Crippen molar-refractivity contribution < 1.29 is 33.3 Å². The second kappa shape index (κ2) is 12.8. The zero-order chi connectivity index (χ0) is 26.1. The Morgan fingerprint density at radius 3 is 2.11 bits per heavy atom. The molecule has 0 aliphatic carbocycles. The van der Waals surface area contributed by atoms with Gasteiger partial charge in [0.25, 0.3) is 0 Å². The molecule has 0 aliphatic heterocycles. The summed E-state index contributed by atoms with van der Waals surface area (Å²) in [6.45, 7) is 15.6. The summed E-state index contributed by atoms with van der Waals surface area (Å²) >= 11 is 0. The van der Waals surface area contributed by atoms with Crippen LogP contribution in [0.2, 0.25) is 0 Å². The Morgan fingerprint density at radius 1 is 0.943 bits per heavy atom. The highest BCUT2D eigenvalue weighted by molar-refractivity contribution is 5.88. The van der Waals surface area contributed by atoms with Gasteiger partial charge in [-0.25, -0.2) is 14.0 Å². The highest BCUT2D eigenvalue weighted by Gasteiger charge is 2.18. The van der Waals surface area contributed by atoms with Crippen molar-refractivity contribution in [2.75, 3.05) is 13.2 Å². The summed E-state index contributed by atoms with van der Waals surface area (Å²) in [7, 11) is 0. The first kappa shape index (κ1) is 27.7. The second-order valence-electron chi connectivity index (χ2n) is 8.49. The molecule has 0 aromatic heterocycles. The van der Waals surface area contributed by atoms with Gasteiger partial charge in [0, 0.05) is 22.6 Å². The largest absolute Gasteiger partial charge is 0.462 e. The van der Waals surface area contributed by atoms with E-state index in [1.807, 2.05) is 0 Å². The van der Waals surface area contributed by atoms with E-state index < -0.39 is 24.0 Å². The van der Waals surface area contributed by atoms with Crippen LogP contribution in [0.5, 0.6) is 5.75 Å². The Bertz CT molecular complexity index is 1100. The molecule has 186 valence electrons. The van der Waals surface area contributed by atoms with Crippen LogP contribution in [-0.2, 0) is 25.5 Å². The van der Waals surface area contributed by atoms with Crippen LogP contribution >= 0.6 is 0 Å². The van der Waals surface area contributed by atoms with Crippen LogP contribution in [-0.4, -0.2) is 36.5 Å². The maximum atomic E-state index is 15.0. The summed E-state index contributed by atoms with van der Waals surface area (Å²) in [6.07, 6.45) is -0.801. The van der Waals surface area contributed by atoms with Gasteiger partial charge in [0.2, 0.25) is 0 Å². The molecule has 0 saturated heterocycles. The maximum Gasteiger partial charge on any atom is 0.338 e. The molecule has 6 nitrogen and oxygen atoms in total. The molecule has 2 rings (SSSR count). The van der Waals surface area contributed by atoms with E-state index in [1.165, 1.54) is 6.07 Å². The molecule has 0 fully saturated rings. The molecule has 0 bridgehead atoms. The highest BCUT2D eigenvalue weighted by atomic mass is 19.1. The number of aliphatic hydroxyl groups is 1. The number of benzene rings is 2. The van der Waals surface area contributed by atoms with Crippen LogP contribution < -0.4 is 4.74 Å². The number of esters is 2. The Hall–Kier alpha value is -3.55. The van der Waals surface area contributed by atoms with Crippen LogP contribution in [0.3, 0.4) is 0 Å². The van der Waals surface area contributed by atoms with E-state index in [2.05, 4.69) is 19.7 Å². The third kappa shape index (κ3) is 8.63. The van der Waals surface area contributed by atoms with Crippen LogP contribution in [0.15, 0.2) is 78.9 Å². The van der Waals surface area contributed by atoms with Crippen molar-refractivity contribution in [1.82, 2.24) is 0 Å². The average Bonchev–Trinajstić information content (AvgIpc) is 2.80. The minimum Gasteiger partial charge on any atom is -0.462 e. The van der Waals surface area contributed by atoms with Gasteiger partial charge in [0.15, 0.2) is 6.29 Å². The Labute approximate surface area is 205 Å². The molecule has 2 aromatic carbocycles. The third-order valence-corrected chi connectivity index (χ3v) is 4.99. The lowest BCUT2D eigenvalue weighted by Gasteiger charge is -2.20. The standard InChI is InChI=1S/C28H31FO6/c1-17(2)26(30)33-15-21(16-34-27(31)18(3)4)13-20-7-12-24(25(29)14-20)22-8-10-23(11-9-22)35-28(32)19(5)6/h7-12,14,21,26,30H,1,3,5,13,15-16H2,2,4,6H3. The number of hydrogen-bond donors (Lipinski definition) is 1. The zero-order valence-corrected chi connectivity index (χ0v) is 20.3. The van der Waals surface area contributed by atoms with Gasteiger partial charge in [-0.2, -0.15) is 0 Å². The van der Waals surface area contributed by atoms with Crippen molar-refractivity contribution in [1.29, 1.82) is 0 Å². The first-order valence-electron chi connectivity index (χ1n) is 11.0. The molecule has 0 radical (unpaired) electrons. The quantitative estimate of drug-likeness (QED) is 0.148. The summed E-state index contributed by atoms with van der Waals surface area (Å²) < 4.78 is 30.8. The minimum absolute atomic E-state index is 0.0162. The van der Waals surface area contributed by atoms with Crippen molar-refractivity contribution >= 4 is 11.9 Å². The van der Waals surface area contributed by atoms with E-state index in [9.17, 15) is 19.1 Å². The van der Waals surface area contributed by atoms with E-state index >= 15 is 0 Å². The van der Waals surface area contributed by atoms with Crippen molar-refractivity contribution in [2.45, 2.75) is 33.5 Å². The molecule has 1 N–H and O–H groups in total. The molecule has 2 aromatic rings. The second-order valence-corrected chi connectivity index (χ2v) is 8.49. The van der Waals surface area contributed by atoms with Crippen LogP contribution in [0.4, 0.5) is 4.39 Å². The van der Waals surface area contributed by atoms with Crippen molar-refractivity contribution in [3.8, 4) is 16.9 Å². The fourth-order valence-corrected chi connectivity index (χ4v) is 3.00. The SMILES string of the molecule is C=C(C)C(=O)OCC(COC(O)C(=C)C)Cc1ccc(-c2ccc(OC(=O)C(=C)C)cc2)c(F)c1. The van der Waals surface area contributed by atoms with Crippen molar-refractivity contribution in [3.05, 3.63) is 90.3 Å². The molecule has 2 atom stereocenters. The van der Waals surface area contributed by atoms with Gasteiger partial charge in [-0.1, -0.05) is 44.0 Å². The van der Waals surface area contributed by atoms with E-state index in [4.69, 9.17) is 14.2 Å². The van der Waals surface area contributed by atoms with Gasteiger partial charge in [-0.15, -0.1) is 0 Å². The molecule has 0 amide bonds. The van der Waals surface area contributed by atoms with E-state index in [0.29, 0.717) is 34.4 Å². The third-order valence-electron chi connectivity index (χ3n) is 4.99. The van der Waals surface area contributed by atoms with Crippen LogP contribution in [0.1, 0.15) is 26.3 Å². The number of ether oxygens (including phenoxy) is 3. The summed E-state index contributed by atoms with van der Waals surface area (Å²) in [5, 5.41) is 9.87. The van der Waals surface area contributed by atoms with Gasteiger partial charge in [-0.05, 0) is 62.1 Å². The van der Waals surface area contributed by atoms with Gasteiger partial charge in [-0.3, -0.25) is 0 Å². The molecule has 0 heterocycles. The van der Waals surface area contributed by atoms with Gasteiger partial charge in [0.1, 0.15) is 11.6 Å². The number of halogens is 1. The fraction of sp³-hybridized carbons (Fsp3) is 0.286.